The molecule has 0 atom stereocenters. The molecule has 11 heteroatoms. The van der Waals surface area contributed by atoms with Crippen molar-refractivity contribution >= 4 is 29.7 Å². The summed E-state index contributed by atoms with van der Waals surface area (Å²) in [6, 6.07) is 5.78. The summed E-state index contributed by atoms with van der Waals surface area (Å²) in [5.41, 5.74) is 1.53. The number of rotatable bonds is 10. The number of benzene rings is 1. The van der Waals surface area contributed by atoms with Crippen molar-refractivity contribution in [3.8, 4) is 5.75 Å². The standard InChI is InChI=1S/C24H32N4O7/c1-3-4-13-34-18-7-5-17(6-8-18)21(31)25-14-20(30)35-15-19(29)27-28-22(32)24(26-23(28)33)11-9-16(2)10-12-24/h5-8,16H,3-4,9-15H2,1-2H3,(H,25,31)(H,26,33)(H,27,29). The van der Waals surface area contributed by atoms with Gasteiger partial charge in [-0.25, -0.2) is 4.79 Å². The van der Waals surface area contributed by atoms with Gasteiger partial charge in [-0.3, -0.25) is 24.6 Å². The SMILES string of the molecule is CCCCOc1ccc(C(=O)NCC(=O)OCC(=O)NN2C(=O)NC3(CCC(C)CC3)C2=O)cc1. The molecule has 2 aliphatic rings. The van der Waals surface area contributed by atoms with Crippen LogP contribution in [0.3, 0.4) is 0 Å². The van der Waals surface area contributed by atoms with Crippen LogP contribution in [0.25, 0.3) is 0 Å². The Bertz CT molecular complexity index is 955. The summed E-state index contributed by atoms with van der Waals surface area (Å²) in [5.74, 6) is -1.57. The molecule has 3 rings (SSSR count). The van der Waals surface area contributed by atoms with E-state index in [1.165, 1.54) is 0 Å². The smallest absolute Gasteiger partial charge is 0.344 e. The summed E-state index contributed by atoms with van der Waals surface area (Å²) < 4.78 is 10.4. The Balaban J connectivity index is 1.39. The molecule has 1 aromatic rings. The molecule has 1 aliphatic carbocycles. The molecule has 1 saturated carbocycles. The maximum atomic E-state index is 12.7. The first-order chi connectivity index (χ1) is 16.7. The molecule has 1 aromatic carbocycles. The summed E-state index contributed by atoms with van der Waals surface area (Å²) in [5, 5.41) is 5.74. The highest BCUT2D eigenvalue weighted by Crippen LogP contribution is 2.35. The van der Waals surface area contributed by atoms with Crippen LogP contribution in [0.4, 0.5) is 4.79 Å². The summed E-state index contributed by atoms with van der Waals surface area (Å²) in [6.07, 6.45) is 4.57. The van der Waals surface area contributed by atoms with Gasteiger partial charge in [0, 0.05) is 5.56 Å². The van der Waals surface area contributed by atoms with Crippen LogP contribution in [0.1, 0.15) is 62.7 Å². The van der Waals surface area contributed by atoms with Crippen LogP contribution in [0.15, 0.2) is 24.3 Å². The van der Waals surface area contributed by atoms with Crippen LogP contribution in [-0.2, 0) is 19.1 Å². The first-order valence-electron chi connectivity index (χ1n) is 11.9. The fourth-order valence-electron chi connectivity index (χ4n) is 3.96. The Morgan fingerprint density at radius 3 is 2.49 bits per heavy atom. The summed E-state index contributed by atoms with van der Waals surface area (Å²) in [4.78, 5) is 61.2. The van der Waals surface area contributed by atoms with Crippen molar-refractivity contribution in [3.63, 3.8) is 0 Å². The number of nitrogens with zero attached hydrogens (tertiary/aromatic N) is 1. The van der Waals surface area contributed by atoms with Crippen molar-refractivity contribution in [2.24, 2.45) is 5.92 Å². The molecule has 0 bridgehead atoms. The predicted molar refractivity (Wildman–Crippen MR) is 124 cm³/mol. The Kier molecular flexibility index (Phi) is 8.67. The lowest BCUT2D eigenvalue weighted by atomic mass is 9.77. The number of hydrazine groups is 1. The first-order valence-corrected chi connectivity index (χ1v) is 11.9. The maximum Gasteiger partial charge on any atom is 0.344 e. The number of nitrogens with one attached hydrogen (secondary N) is 3. The van der Waals surface area contributed by atoms with Gasteiger partial charge in [-0.2, -0.15) is 5.01 Å². The molecule has 5 amide bonds. The quantitative estimate of drug-likeness (QED) is 0.258. The number of esters is 1. The third-order valence-electron chi connectivity index (χ3n) is 6.17. The van der Waals surface area contributed by atoms with Gasteiger partial charge < -0.3 is 20.1 Å². The molecular weight excluding hydrogens is 456 g/mol. The lowest BCUT2D eigenvalue weighted by Gasteiger charge is -2.33. The van der Waals surface area contributed by atoms with E-state index in [1.807, 2.05) is 0 Å². The van der Waals surface area contributed by atoms with Crippen LogP contribution in [0.5, 0.6) is 5.75 Å². The van der Waals surface area contributed by atoms with Gasteiger partial charge in [-0.05, 0) is 62.3 Å². The Hall–Kier alpha value is -3.63. The normalized spacial score (nSPS) is 21.4. The molecule has 35 heavy (non-hydrogen) atoms. The van der Waals surface area contributed by atoms with E-state index in [-0.39, 0.29) is 0 Å². The van der Waals surface area contributed by atoms with E-state index < -0.39 is 48.4 Å². The van der Waals surface area contributed by atoms with Gasteiger partial charge in [0.1, 0.15) is 17.8 Å². The monoisotopic (exact) mass is 488 g/mol. The van der Waals surface area contributed by atoms with Gasteiger partial charge in [-0.15, -0.1) is 0 Å². The lowest BCUT2D eigenvalue weighted by molar-refractivity contribution is -0.150. The highest BCUT2D eigenvalue weighted by Gasteiger charge is 2.52. The fraction of sp³-hybridized carbons (Fsp3) is 0.542. The molecule has 0 radical (unpaired) electrons. The molecule has 1 heterocycles. The van der Waals surface area contributed by atoms with Gasteiger partial charge >= 0.3 is 12.0 Å². The average Bonchev–Trinajstić information content (AvgIpc) is 3.07. The van der Waals surface area contributed by atoms with E-state index in [1.54, 1.807) is 24.3 Å². The fourth-order valence-corrected chi connectivity index (χ4v) is 3.96. The van der Waals surface area contributed by atoms with Crippen LogP contribution in [-0.4, -0.2) is 60.0 Å². The number of carbonyl (C=O) groups is 5. The maximum absolute atomic E-state index is 12.7. The minimum atomic E-state index is -0.988. The molecule has 11 nitrogen and oxygen atoms in total. The van der Waals surface area contributed by atoms with Gasteiger partial charge in [0.05, 0.1) is 6.61 Å². The van der Waals surface area contributed by atoms with Crippen LogP contribution >= 0.6 is 0 Å². The largest absolute Gasteiger partial charge is 0.494 e. The summed E-state index contributed by atoms with van der Waals surface area (Å²) >= 11 is 0. The molecular formula is C24H32N4O7. The number of urea groups is 1. The Labute approximate surface area is 203 Å². The molecule has 1 aliphatic heterocycles. The zero-order valence-electron chi connectivity index (χ0n) is 20.1. The third kappa shape index (κ3) is 6.71. The zero-order chi connectivity index (χ0) is 25.4. The van der Waals surface area contributed by atoms with E-state index in [0.717, 1.165) is 25.7 Å². The number of imide groups is 1. The Morgan fingerprint density at radius 2 is 1.83 bits per heavy atom. The second-order valence-corrected chi connectivity index (χ2v) is 8.94. The van der Waals surface area contributed by atoms with E-state index in [2.05, 4.69) is 29.9 Å². The highest BCUT2D eigenvalue weighted by atomic mass is 16.5. The van der Waals surface area contributed by atoms with Crippen LogP contribution < -0.4 is 20.8 Å². The third-order valence-corrected chi connectivity index (χ3v) is 6.17. The van der Waals surface area contributed by atoms with E-state index in [9.17, 15) is 24.0 Å². The van der Waals surface area contributed by atoms with Crippen molar-refractivity contribution < 1.29 is 33.4 Å². The minimum absolute atomic E-state index is 0.336. The second-order valence-electron chi connectivity index (χ2n) is 8.94. The minimum Gasteiger partial charge on any atom is -0.494 e. The molecule has 2 fully saturated rings. The van der Waals surface area contributed by atoms with Gasteiger partial charge in [-0.1, -0.05) is 20.3 Å². The van der Waals surface area contributed by atoms with Gasteiger partial charge in [0.25, 0.3) is 17.7 Å². The predicted octanol–water partition coefficient (Wildman–Crippen LogP) is 1.67. The topological polar surface area (TPSA) is 143 Å². The van der Waals surface area contributed by atoms with E-state index in [0.29, 0.717) is 41.7 Å². The van der Waals surface area contributed by atoms with E-state index >= 15 is 0 Å². The lowest BCUT2D eigenvalue weighted by Crippen LogP contribution is -2.52. The van der Waals surface area contributed by atoms with Crippen molar-refractivity contribution in [1.29, 1.82) is 0 Å². The summed E-state index contributed by atoms with van der Waals surface area (Å²) in [7, 11) is 0. The van der Waals surface area contributed by atoms with Gasteiger partial charge in [0.2, 0.25) is 0 Å². The average molecular weight is 489 g/mol. The van der Waals surface area contributed by atoms with Gasteiger partial charge in [0.15, 0.2) is 6.61 Å². The van der Waals surface area contributed by atoms with Crippen molar-refractivity contribution in [3.05, 3.63) is 29.8 Å². The van der Waals surface area contributed by atoms with Crippen molar-refractivity contribution in [2.75, 3.05) is 19.8 Å². The van der Waals surface area contributed by atoms with Crippen LogP contribution in [0, 0.1) is 5.92 Å². The number of unbranched alkanes of at least 4 members (excludes halogenated alkanes) is 1. The van der Waals surface area contributed by atoms with Crippen molar-refractivity contribution in [1.82, 2.24) is 21.1 Å². The number of amides is 5. The molecule has 1 saturated heterocycles. The molecule has 3 N–H and O–H groups in total. The highest BCUT2D eigenvalue weighted by molar-refractivity contribution is 6.08. The number of ether oxygens (including phenoxy) is 2. The number of hydrogen-bond donors (Lipinski definition) is 3. The zero-order valence-corrected chi connectivity index (χ0v) is 20.1. The van der Waals surface area contributed by atoms with Crippen molar-refractivity contribution in [2.45, 2.75) is 57.9 Å². The first kappa shape index (κ1) is 26.0. The Morgan fingerprint density at radius 1 is 1.14 bits per heavy atom. The van der Waals surface area contributed by atoms with E-state index in [4.69, 9.17) is 9.47 Å². The summed E-state index contributed by atoms with van der Waals surface area (Å²) in [6.45, 7) is 3.58. The second kappa shape index (κ2) is 11.7. The molecule has 0 unspecified atom stereocenters. The number of carbonyl (C=O) groups excluding carboxylic acids is 5. The molecule has 0 aromatic heterocycles. The number of hydrogen-bond acceptors (Lipinski definition) is 7. The molecule has 1 spiro atoms. The van der Waals surface area contributed by atoms with Crippen LogP contribution in [0.2, 0.25) is 0 Å². The molecule has 190 valence electrons.